The van der Waals surface area contributed by atoms with Crippen molar-refractivity contribution in [3.8, 4) is 0 Å². The van der Waals surface area contributed by atoms with E-state index in [0.717, 1.165) is 5.92 Å². The highest BCUT2D eigenvalue weighted by Gasteiger charge is 2.17. The Kier molecular flexibility index (Phi) is 3.69. The summed E-state index contributed by atoms with van der Waals surface area (Å²) in [5, 5.41) is 7.06. The number of hydrogen-bond acceptors (Lipinski definition) is 2. The molecule has 0 atom stereocenters. The minimum atomic E-state index is 0.812. The van der Waals surface area contributed by atoms with Crippen LogP contribution in [-0.2, 0) is 6.42 Å². The highest BCUT2D eigenvalue weighted by atomic mass is 14.9. The van der Waals surface area contributed by atoms with Crippen molar-refractivity contribution in [2.75, 3.05) is 18.4 Å². The minimum absolute atomic E-state index is 0.812. The summed E-state index contributed by atoms with van der Waals surface area (Å²) >= 11 is 0. The number of anilines is 2. The predicted octanol–water partition coefficient (Wildman–Crippen LogP) is 4.46. The standard InChI is InChI=1S/C20H22N2/c1-2-6-19-16(4-1)8-9-18-17(5-3-7-20(18)22-19)14-15-10-12-21-13-11-15/h1-9,15,21-22H,10-14H2. The molecule has 1 saturated heterocycles. The van der Waals surface area contributed by atoms with Crippen LogP contribution in [0.3, 0.4) is 0 Å². The summed E-state index contributed by atoms with van der Waals surface area (Å²) in [6.07, 6.45) is 8.29. The van der Waals surface area contributed by atoms with Gasteiger partial charge in [0, 0.05) is 16.9 Å². The van der Waals surface area contributed by atoms with Gasteiger partial charge in [0.05, 0.1) is 0 Å². The predicted molar refractivity (Wildman–Crippen MR) is 94.4 cm³/mol. The van der Waals surface area contributed by atoms with E-state index in [4.69, 9.17) is 0 Å². The molecule has 0 radical (unpaired) electrons. The molecule has 0 unspecified atom stereocenters. The van der Waals surface area contributed by atoms with Crippen LogP contribution in [0.4, 0.5) is 11.4 Å². The molecule has 2 heterocycles. The fourth-order valence-corrected chi connectivity index (χ4v) is 3.57. The molecule has 0 bridgehead atoms. The van der Waals surface area contributed by atoms with Gasteiger partial charge in [0.1, 0.15) is 0 Å². The molecule has 0 aliphatic carbocycles. The van der Waals surface area contributed by atoms with Gasteiger partial charge in [-0.15, -0.1) is 0 Å². The van der Waals surface area contributed by atoms with Crippen LogP contribution in [0.5, 0.6) is 0 Å². The second-order valence-electron chi connectivity index (χ2n) is 6.32. The Bertz CT molecular complexity index is 697. The number of rotatable bonds is 2. The van der Waals surface area contributed by atoms with Crippen molar-refractivity contribution in [3.05, 3.63) is 59.2 Å². The van der Waals surface area contributed by atoms with E-state index in [-0.39, 0.29) is 0 Å². The van der Waals surface area contributed by atoms with E-state index in [1.54, 1.807) is 0 Å². The molecule has 0 saturated carbocycles. The van der Waals surface area contributed by atoms with Crippen molar-refractivity contribution in [1.29, 1.82) is 0 Å². The smallest absolute Gasteiger partial charge is 0.0460 e. The molecule has 112 valence electrons. The van der Waals surface area contributed by atoms with Gasteiger partial charge in [-0.25, -0.2) is 0 Å². The van der Waals surface area contributed by atoms with Gasteiger partial charge >= 0.3 is 0 Å². The third kappa shape index (κ3) is 2.67. The number of benzene rings is 2. The number of para-hydroxylation sites is 1. The zero-order chi connectivity index (χ0) is 14.8. The summed E-state index contributed by atoms with van der Waals surface area (Å²) in [7, 11) is 0. The SMILES string of the molecule is C1=Cc2c(CC3CCNCC3)cccc2Nc2ccccc21. The fraction of sp³-hybridized carbons (Fsp3) is 0.300. The first-order valence-corrected chi connectivity index (χ1v) is 8.27. The van der Waals surface area contributed by atoms with E-state index in [2.05, 4.69) is 65.3 Å². The molecule has 4 rings (SSSR count). The first kappa shape index (κ1) is 13.6. The number of hydrogen-bond donors (Lipinski definition) is 2. The average molecular weight is 290 g/mol. The van der Waals surface area contributed by atoms with Crippen molar-refractivity contribution in [1.82, 2.24) is 5.32 Å². The zero-order valence-electron chi connectivity index (χ0n) is 12.8. The van der Waals surface area contributed by atoms with Gasteiger partial charge in [-0.05, 0) is 61.5 Å². The lowest BCUT2D eigenvalue weighted by atomic mass is 9.88. The molecular formula is C20H22N2. The number of nitrogens with one attached hydrogen (secondary N) is 2. The largest absolute Gasteiger partial charge is 0.355 e. The number of piperidine rings is 1. The molecule has 2 heteroatoms. The summed E-state index contributed by atoms with van der Waals surface area (Å²) in [6.45, 7) is 2.33. The Hall–Kier alpha value is -2.06. The van der Waals surface area contributed by atoms with Crippen molar-refractivity contribution >= 4 is 23.5 Å². The molecule has 2 aromatic carbocycles. The van der Waals surface area contributed by atoms with Gasteiger partial charge in [0.15, 0.2) is 0 Å². The first-order chi connectivity index (χ1) is 10.9. The van der Waals surface area contributed by atoms with Crippen LogP contribution in [0, 0.1) is 5.92 Å². The first-order valence-electron chi connectivity index (χ1n) is 8.27. The van der Waals surface area contributed by atoms with Crippen molar-refractivity contribution in [2.45, 2.75) is 19.3 Å². The Labute approximate surface area is 132 Å². The average Bonchev–Trinajstić information content (AvgIpc) is 2.75. The Morgan fingerprint density at radius 1 is 0.864 bits per heavy atom. The quantitative estimate of drug-likeness (QED) is 0.728. The fourth-order valence-electron chi connectivity index (χ4n) is 3.57. The van der Waals surface area contributed by atoms with E-state index in [9.17, 15) is 0 Å². The molecule has 0 amide bonds. The van der Waals surface area contributed by atoms with Gasteiger partial charge in [-0.3, -0.25) is 0 Å². The molecule has 22 heavy (non-hydrogen) atoms. The second-order valence-corrected chi connectivity index (χ2v) is 6.32. The Balaban J connectivity index is 1.67. The molecule has 2 aliphatic heterocycles. The van der Waals surface area contributed by atoms with Crippen molar-refractivity contribution in [2.24, 2.45) is 5.92 Å². The molecule has 2 N–H and O–H groups in total. The summed E-state index contributed by atoms with van der Waals surface area (Å²) in [4.78, 5) is 0. The number of fused-ring (bicyclic) bond motifs is 2. The maximum Gasteiger partial charge on any atom is 0.0460 e. The lowest BCUT2D eigenvalue weighted by Crippen LogP contribution is -2.28. The van der Waals surface area contributed by atoms with E-state index in [0.29, 0.717) is 0 Å². The van der Waals surface area contributed by atoms with Crippen molar-refractivity contribution in [3.63, 3.8) is 0 Å². The van der Waals surface area contributed by atoms with Gasteiger partial charge in [-0.1, -0.05) is 42.5 Å². The molecule has 2 nitrogen and oxygen atoms in total. The molecule has 0 aromatic heterocycles. The van der Waals surface area contributed by atoms with Gasteiger partial charge in [0.2, 0.25) is 0 Å². The van der Waals surface area contributed by atoms with Crippen LogP contribution in [0.1, 0.15) is 29.5 Å². The van der Waals surface area contributed by atoms with Gasteiger partial charge in [0.25, 0.3) is 0 Å². The summed E-state index contributed by atoms with van der Waals surface area (Å²) in [5.41, 5.74) is 6.51. The zero-order valence-corrected chi connectivity index (χ0v) is 12.8. The van der Waals surface area contributed by atoms with Crippen LogP contribution in [0.25, 0.3) is 12.2 Å². The molecule has 1 fully saturated rings. The van der Waals surface area contributed by atoms with E-state index in [1.165, 1.54) is 60.4 Å². The molecule has 0 spiro atoms. The van der Waals surface area contributed by atoms with Crippen LogP contribution < -0.4 is 10.6 Å². The maximum absolute atomic E-state index is 3.61. The summed E-state index contributed by atoms with van der Waals surface area (Å²) in [6, 6.07) is 15.2. The summed E-state index contributed by atoms with van der Waals surface area (Å²) < 4.78 is 0. The Morgan fingerprint density at radius 3 is 2.59 bits per heavy atom. The van der Waals surface area contributed by atoms with Gasteiger partial charge < -0.3 is 10.6 Å². The van der Waals surface area contributed by atoms with Crippen LogP contribution in [0.2, 0.25) is 0 Å². The van der Waals surface area contributed by atoms with E-state index in [1.807, 2.05) is 0 Å². The summed E-state index contributed by atoms with van der Waals surface area (Å²) in [5.74, 6) is 0.812. The van der Waals surface area contributed by atoms with Crippen LogP contribution >= 0.6 is 0 Å². The molecular weight excluding hydrogens is 268 g/mol. The highest BCUT2D eigenvalue weighted by molar-refractivity contribution is 5.88. The second kappa shape index (κ2) is 5.98. The Morgan fingerprint density at radius 2 is 1.68 bits per heavy atom. The highest BCUT2D eigenvalue weighted by Crippen LogP contribution is 2.33. The minimum Gasteiger partial charge on any atom is -0.355 e. The lowest BCUT2D eigenvalue weighted by Gasteiger charge is -2.23. The van der Waals surface area contributed by atoms with Gasteiger partial charge in [-0.2, -0.15) is 0 Å². The van der Waals surface area contributed by atoms with E-state index >= 15 is 0 Å². The monoisotopic (exact) mass is 290 g/mol. The third-order valence-electron chi connectivity index (χ3n) is 4.82. The normalized spacial score (nSPS) is 17.3. The topological polar surface area (TPSA) is 24.1 Å². The molecule has 2 aromatic rings. The van der Waals surface area contributed by atoms with Crippen LogP contribution in [-0.4, -0.2) is 13.1 Å². The molecule has 2 aliphatic rings. The van der Waals surface area contributed by atoms with E-state index < -0.39 is 0 Å². The third-order valence-corrected chi connectivity index (χ3v) is 4.82. The van der Waals surface area contributed by atoms with Crippen molar-refractivity contribution < 1.29 is 0 Å². The lowest BCUT2D eigenvalue weighted by molar-refractivity contribution is 0.372. The maximum atomic E-state index is 3.61. The van der Waals surface area contributed by atoms with Crippen LogP contribution in [0.15, 0.2) is 42.5 Å².